The summed E-state index contributed by atoms with van der Waals surface area (Å²) in [7, 11) is 0. The molecule has 0 aliphatic heterocycles. The summed E-state index contributed by atoms with van der Waals surface area (Å²) >= 11 is 1.70. The van der Waals surface area contributed by atoms with Gasteiger partial charge in [-0.3, -0.25) is 4.79 Å². The van der Waals surface area contributed by atoms with Gasteiger partial charge in [-0.25, -0.2) is 4.98 Å². The molecule has 4 nitrogen and oxygen atoms in total. The number of carbonyl (C=O) groups is 1. The number of anilines is 2. The van der Waals surface area contributed by atoms with Gasteiger partial charge in [0.1, 0.15) is 5.82 Å². The van der Waals surface area contributed by atoms with Crippen LogP contribution in [-0.2, 0) is 12.8 Å². The summed E-state index contributed by atoms with van der Waals surface area (Å²) in [6, 6.07) is 3.44. The van der Waals surface area contributed by atoms with Crippen molar-refractivity contribution in [1.29, 1.82) is 0 Å². The first-order chi connectivity index (χ1) is 9.24. The molecule has 0 unspecified atom stereocenters. The normalized spacial score (nSPS) is 13.2. The summed E-state index contributed by atoms with van der Waals surface area (Å²) in [6.07, 6.45) is 6.11. The zero-order valence-electron chi connectivity index (χ0n) is 10.9. The summed E-state index contributed by atoms with van der Waals surface area (Å²) < 4.78 is 0. The Morgan fingerprint density at radius 3 is 2.85 bits per heavy atom. The van der Waals surface area contributed by atoms with E-state index in [-0.39, 0.29) is 18.3 Å². The van der Waals surface area contributed by atoms with Crippen LogP contribution in [-0.4, -0.2) is 10.9 Å². The summed E-state index contributed by atoms with van der Waals surface area (Å²) in [6.45, 7) is 0. The van der Waals surface area contributed by atoms with Crippen LogP contribution < -0.4 is 11.1 Å². The van der Waals surface area contributed by atoms with Crippen molar-refractivity contribution in [2.45, 2.75) is 25.7 Å². The molecule has 0 aromatic carbocycles. The summed E-state index contributed by atoms with van der Waals surface area (Å²) in [4.78, 5) is 17.6. The van der Waals surface area contributed by atoms with Gasteiger partial charge in [0.15, 0.2) is 0 Å². The number of halogens is 1. The van der Waals surface area contributed by atoms with Gasteiger partial charge in [-0.05, 0) is 43.4 Å². The number of nitrogens with two attached hydrogens (primary N) is 1. The van der Waals surface area contributed by atoms with Crippen LogP contribution in [0.15, 0.2) is 23.7 Å². The third-order valence-electron chi connectivity index (χ3n) is 3.35. The molecule has 1 aliphatic rings. The molecule has 2 heterocycles. The van der Waals surface area contributed by atoms with Gasteiger partial charge in [-0.2, -0.15) is 0 Å². The molecule has 0 spiro atoms. The Hall–Kier alpha value is -1.59. The average Bonchev–Trinajstić information content (AvgIpc) is 2.85. The summed E-state index contributed by atoms with van der Waals surface area (Å²) in [5.41, 5.74) is 8.25. The van der Waals surface area contributed by atoms with Crippen LogP contribution in [0.4, 0.5) is 11.5 Å². The fourth-order valence-electron chi connectivity index (χ4n) is 2.36. The highest BCUT2D eigenvalue weighted by atomic mass is 35.5. The van der Waals surface area contributed by atoms with Gasteiger partial charge >= 0.3 is 0 Å². The highest BCUT2D eigenvalue weighted by Gasteiger charge is 2.20. The predicted molar refractivity (Wildman–Crippen MR) is 84.8 cm³/mol. The van der Waals surface area contributed by atoms with Crippen molar-refractivity contribution in [3.8, 4) is 0 Å². The van der Waals surface area contributed by atoms with Crippen molar-refractivity contribution < 1.29 is 4.79 Å². The fourth-order valence-corrected chi connectivity index (χ4v) is 3.49. The maximum absolute atomic E-state index is 12.3. The minimum atomic E-state index is -0.0500. The van der Waals surface area contributed by atoms with Crippen LogP contribution in [0, 0.1) is 0 Å². The number of amides is 1. The predicted octanol–water partition coefficient (Wildman–Crippen LogP) is 3.28. The minimum Gasteiger partial charge on any atom is -0.384 e. The number of pyridine rings is 1. The van der Waals surface area contributed by atoms with Crippen molar-refractivity contribution in [1.82, 2.24) is 4.98 Å². The van der Waals surface area contributed by atoms with Crippen LogP contribution >= 0.6 is 23.7 Å². The van der Waals surface area contributed by atoms with E-state index in [9.17, 15) is 4.79 Å². The third-order valence-corrected chi connectivity index (χ3v) is 4.44. The topological polar surface area (TPSA) is 68.0 Å². The highest BCUT2D eigenvalue weighted by molar-refractivity contribution is 7.10. The molecule has 0 saturated carbocycles. The van der Waals surface area contributed by atoms with Crippen molar-refractivity contribution in [3.63, 3.8) is 0 Å². The zero-order chi connectivity index (χ0) is 13.2. The summed E-state index contributed by atoms with van der Waals surface area (Å²) in [5.74, 6) is 0.400. The molecule has 1 aliphatic carbocycles. The maximum Gasteiger partial charge on any atom is 0.256 e. The van der Waals surface area contributed by atoms with Crippen LogP contribution in [0.3, 0.4) is 0 Å². The number of hydrogen-bond acceptors (Lipinski definition) is 4. The van der Waals surface area contributed by atoms with Gasteiger partial charge in [-0.15, -0.1) is 23.7 Å². The molecule has 0 saturated heterocycles. The van der Waals surface area contributed by atoms with E-state index in [0.29, 0.717) is 11.5 Å². The molecule has 2 aromatic heterocycles. The number of rotatable bonds is 2. The number of carbonyl (C=O) groups excluding carboxylic acids is 1. The number of nitrogen functional groups attached to an aromatic ring is 1. The number of fused-ring (bicyclic) bond motifs is 1. The Morgan fingerprint density at radius 2 is 2.10 bits per heavy atom. The van der Waals surface area contributed by atoms with Gasteiger partial charge in [-0.1, -0.05) is 0 Å². The smallest absolute Gasteiger partial charge is 0.256 e. The second kappa shape index (κ2) is 6.24. The molecule has 3 N–H and O–H groups in total. The summed E-state index contributed by atoms with van der Waals surface area (Å²) in [5, 5.41) is 4.84. The Kier molecular flexibility index (Phi) is 4.62. The van der Waals surface area contributed by atoms with E-state index < -0.39 is 0 Å². The lowest BCUT2D eigenvalue weighted by Crippen LogP contribution is -2.14. The first kappa shape index (κ1) is 14.8. The quantitative estimate of drug-likeness (QED) is 0.894. The molecular weight excluding hydrogens is 294 g/mol. The van der Waals surface area contributed by atoms with E-state index in [4.69, 9.17) is 5.73 Å². The van der Waals surface area contributed by atoms with E-state index >= 15 is 0 Å². The monoisotopic (exact) mass is 309 g/mol. The number of thiophene rings is 1. The Morgan fingerprint density at radius 1 is 1.30 bits per heavy atom. The van der Waals surface area contributed by atoms with Crippen molar-refractivity contribution in [2.75, 3.05) is 11.1 Å². The van der Waals surface area contributed by atoms with Crippen molar-refractivity contribution in [3.05, 3.63) is 39.7 Å². The van der Waals surface area contributed by atoms with Crippen LogP contribution in [0.5, 0.6) is 0 Å². The maximum atomic E-state index is 12.3. The third kappa shape index (κ3) is 2.94. The van der Waals surface area contributed by atoms with Crippen molar-refractivity contribution >= 4 is 41.2 Å². The molecule has 0 bridgehead atoms. The van der Waals surface area contributed by atoms with Gasteiger partial charge in [0.05, 0.1) is 17.4 Å². The second-order valence-corrected chi connectivity index (χ2v) is 5.65. The Balaban J connectivity index is 0.00000147. The number of hydrogen-bond donors (Lipinski definition) is 2. The van der Waals surface area contributed by atoms with E-state index in [2.05, 4.69) is 10.3 Å². The van der Waals surface area contributed by atoms with Gasteiger partial charge in [0, 0.05) is 10.3 Å². The first-order valence-corrected chi connectivity index (χ1v) is 7.24. The van der Waals surface area contributed by atoms with Gasteiger partial charge < -0.3 is 11.1 Å². The largest absolute Gasteiger partial charge is 0.384 e. The van der Waals surface area contributed by atoms with Crippen molar-refractivity contribution in [2.24, 2.45) is 0 Å². The molecule has 0 fully saturated rings. The number of nitrogens with one attached hydrogen (secondary N) is 1. The number of aromatic nitrogens is 1. The molecule has 1 amide bonds. The second-order valence-electron chi connectivity index (χ2n) is 4.68. The molecule has 20 heavy (non-hydrogen) atoms. The number of aryl methyl sites for hydroxylation is 1. The molecule has 106 valence electrons. The van der Waals surface area contributed by atoms with E-state index in [1.807, 2.05) is 5.38 Å². The minimum absolute atomic E-state index is 0. The van der Waals surface area contributed by atoms with E-state index in [1.54, 1.807) is 29.7 Å². The van der Waals surface area contributed by atoms with Crippen LogP contribution in [0.2, 0.25) is 0 Å². The van der Waals surface area contributed by atoms with Crippen LogP contribution in [0.25, 0.3) is 0 Å². The van der Waals surface area contributed by atoms with E-state index in [1.165, 1.54) is 23.3 Å². The van der Waals surface area contributed by atoms with Gasteiger partial charge in [0.2, 0.25) is 0 Å². The molecular formula is C14H16ClN3OS. The molecule has 6 heteroatoms. The molecule has 3 rings (SSSR count). The van der Waals surface area contributed by atoms with Crippen LogP contribution in [0.1, 0.15) is 33.6 Å². The zero-order valence-corrected chi connectivity index (χ0v) is 12.5. The van der Waals surface area contributed by atoms with Gasteiger partial charge in [0.25, 0.3) is 5.91 Å². The standard InChI is InChI=1S/C14H15N3OS.ClH/c15-13-6-5-9(7-16-13)17-14(18)11-8-19-12-4-2-1-3-10(11)12;/h5-8H,1-4H2,(H2,15,16)(H,17,18);1H. The Labute approximate surface area is 127 Å². The fraction of sp³-hybridized carbons (Fsp3) is 0.286. The lowest BCUT2D eigenvalue weighted by atomic mass is 9.95. The van der Waals surface area contributed by atoms with E-state index in [0.717, 1.165) is 18.4 Å². The Bertz CT molecular complexity index is 609. The SMILES string of the molecule is Cl.Nc1ccc(NC(=O)c2csc3c2CCCC3)cn1. The molecule has 0 radical (unpaired) electrons. The lowest BCUT2D eigenvalue weighted by molar-refractivity contribution is 0.102. The first-order valence-electron chi connectivity index (χ1n) is 6.36. The lowest BCUT2D eigenvalue weighted by Gasteiger charge is -2.12. The molecule has 2 aromatic rings. The molecule has 0 atom stereocenters. The highest BCUT2D eigenvalue weighted by Crippen LogP contribution is 2.30. The number of nitrogens with zero attached hydrogens (tertiary/aromatic N) is 1. The average molecular weight is 310 g/mol.